The van der Waals surface area contributed by atoms with E-state index in [-0.39, 0.29) is 12.5 Å². The molecule has 1 aromatic heterocycles. The van der Waals surface area contributed by atoms with Gasteiger partial charge in [-0.05, 0) is 18.1 Å². The quantitative estimate of drug-likeness (QED) is 0.842. The van der Waals surface area contributed by atoms with E-state index in [9.17, 15) is 4.79 Å². The number of aliphatic hydroxyl groups is 1. The molecule has 19 heavy (non-hydrogen) atoms. The molecule has 0 saturated carbocycles. The zero-order valence-corrected chi connectivity index (χ0v) is 12.6. The Morgan fingerprint density at radius 2 is 2.26 bits per heavy atom. The van der Waals surface area contributed by atoms with Gasteiger partial charge < -0.3 is 10.0 Å². The standard InChI is InChI=1S/C15H21NO2S/c1-4-12(2)11-16(3)15(18)14-9-8-13(19-14)7-5-6-10-17/h8-9,12,17H,4,6,10-11H2,1-3H3. The van der Waals surface area contributed by atoms with Crippen molar-refractivity contribution in [3.8, 4) is 11.8 Å². The number of rotatable bonds is 5. The number of carbonyl (C=O) groups excluding carboxylic acids is 1. The molecule has 1 N–H and O–H groups in total. The van der Waals surface area contributed by atoms with Crippen molar-refractivity contribution < 1.29 is 9.90 Å². The third kappa shape index (κ3) is 5.06. The fourth-order valence-corrected chi connectivity index (χ4v) is 2.47. The summed E-state index contributed by atoms with van der Waals surface area (Å²) in [6.07, 6.45) is 1.54. The molecule has 3 nitrogen and oxygen atoms in total. The molecule has 0 aliphatic heterocycles. The number of hydrogen-bond acceptors (Lipinski definition) is 3. The summed E-state index contributed by atoms with van der Waals surface area (Å²) in [4.78, 5) is 15.5. The molecule has 0 aliphatic carbocycles. The van der Waals surface area contributed by atoms with E-state index in [4.69, 9.17) is 5.11 Å². The van der Waals surface area contributed by atoms with Crippen LogP contribution in [-0.4, -0.2) is 36.1 Å². The number of aliphatic hydroxyl groups excluding tert-OH is 1. The van der Waals surface area contributed by atoms with Crippen LogP contribution in [0.1, 0.15) is 41.2 Å². The Kier molecular flexibility index (Phi) is 6.61. The minimum Gasteiger partial charge on any atom is -0.395 e. The average Bonchev–Trinajstić information content (AvgIpc) is 2.86. The Hall–Kier alpha value is -1.31. The SMILES string of the molecule is CCC(C)CN(C)C(=O)c1ccc(C#CCCO)s1. The topological polar surface area (TPSA) is 40.5 Å². The van der Waals surface area contributed by atoms with Gasteiger partial charge in [-0.3, -0.25) is 4.79 Å². The molecule has 1 atom stereocenters. The average molecular weight is 279 g/mol. The molecular weight excluding hydrogens is 258 g/mol. The molecule has 1 unspecified atom stereocenters. The second-order valence-corrected chi connectivity index (χ2v) is 5.72. The normalized spacial score (nSPS) is 11.6. The van der Waals surface area contributed by atoms with Crippen molar-refractivity contribution >= 4 is 17.2 Å². The van der Waals surface area contributed by atoms with E-state index < -0.39 is 0 Å². The van der Waals surface area contributed by atoms with E-state index in [0.717, 1.165) is 22.7 Å². The molecule has 0 radical (unpaired) electrons. The summed E-state index contributed by atoms with van der Waals surface area (Å²) in [5.74, 6) is 6.38. The highest BCUT2D eigenvalue weighted by atomic mass is 32.1. The van der Waals surface area contributed by atoms with Crippen LogP contribution in [0.5, 0.6) is 0 Å². The number of carbonyl (C=O) groups is 1. The molecular formula is C15H21NO2S. The molecule has 1 heterocycles. The zero-order chi connectivity index (χ0) is 14.3. The van der Waals surface area contributed by atoms with Gasteiger partial charge in [-0.1, -0.05) is 32.1 Å². The molecule has 1 rings (SSSR count). The summed E-state index contributed by atoms with van der Waals surface area (Å²) in [6, 6.07) is 3.68. The van der Waals surface area contributed by atoms with Crippen LogP contribution in [-0.2, 0) is 0 Å². The van der Waals surface area contributed by atoms with Crippen molar-refractivity contribution in [2.75, 3.05) is 20.2 Å². The lowest BCUT2D eigenvalue weighted by Crippen LogP contribution is -2.30. The molecule has 104 valence electrons. The predicted octanol–water partition coefficient (Wildman–Crippen LogP) is 2.60. The molecule has 0 fully saturated rings. The van der Waals surface area contributed by atoms with Gasteiger partial charge in [0.1, 0.15) is 0 Å². The number of hydrogen-bond donors (Lipinski definition) is 1. The summed E-state index contributed by atoms with van der Waals surface area (Å²) in [6.45, 7) is 5.12. The maximum absolute atomic E-state index is 12.2. The van der Waals surface area contributed by atoms with Crippen molar-refractivity contribution in [2.45, 2.75) is 26.7 Å². The highest BCUT2D eigenvalue weighted by Crippen LogP contribution is 2.18. The van der Waals surface area contributed by atoms with E-state index >= 15 is 0 Å². The largest absolute Gasteiger partial charge is 0.395 e. The molecule has 0 bridgehead atoms. The molecule has 0 spiro atoms. The van der Waals surface area contributed by atoms with Gasteiger partial charge in [-0.15, -0.1) is 11.3 Å². The van der Waals surface area contributed by atoms with Crippen molar-refractivity contribution in [3.05, 3.63) is 21.9 Å². The molecule has 0 saturated heterocycles. The Bertz CT molecular complexity index is 470. The fraction of sp³-hybridized carbons (Fsp3) is 0.533. The van der Waals surface area contributed by atoms with Gasteiger partial charge in [0.05, 0.1) is 16.4 Å². The van der Waals surface area contributed by atoms with Crippen molar-refractivity contribution in [3.63, 3.8) is 0 Å². The molecule has 0 aromatic carbocycles. The Balaban J connectivity index is 2.65. The summed E-state index contributed by atoms with van der Waals surface area (Å²) < 4.78 is 0. The van der Waals surface area contributed by atoms with Gasteiger partial charge in [-0.2, -0.15) is 0 Å². The third-order valence-corrected chi connectivity index (χ3v) is 3.88. The lowest BCUT2D eigenvalue weighted by molar-refractivity contribution is 0.0779. The molecule has 4 heteroatoms. The van der Waals surface area contributed by atoms with Crippen LogP contribution in [0.25, 0.3) is 0 Å². The van der Waals surface area contributed by atoms with Crippen LogP contribution in [0.15, 0.2) is 12.1 Å². The van der Waals surface area contributed by atoms with Gasteiger partial charge >= 0.3 is 0 Å². The van der Waals surface area contributed by atoms with Crippen LogP contribution in [0.3, 0.4) is 0 Å². The first-order valence-corrected chi connectivity index (χ1v) is 7.35. The lowest BCUT2D eigenvalue weighted by Gasteiger charge is -2.19. The number of thiophene rings is 1. The summed E-state index contributed by atoms with van der Waals surface area (Å²) >= 11 is 1.41. The summed E-state index contributed by atoms with van der Waals surface area (Å²) in [5, 5.41) is 8.66. The van der Waals surface area contributed by atoms with E-state index in [1.807, 2.05) is 19.2 Å². The van der Waals surface area contributed by atoms with Gasteiger partial charge in [-0.25, -0.2) is 0 Å². The first-order chi connectivity index (χ1) is 9.08. The van der Waals surface area contributed by atoms with Crippen molar-refractivity contribution in [2.24, 2.45) is 5.92 Å². The molecule has 1 aromatic rings. The Labute approximate surface area is 119 Å². The van der Waals surface area contributed by atoms with Gasteiger partial charge in [0.2, 0.25) is 0 Å². The van der Waals surface area contributed by atoms with Crippen LogP contribution in [0.4, 0.5) is 0 Å². The number of nitrogens with zero attached hydrogens (tertiary/aromatic N) is 1. The minimum atomic E-state index is 0.0560. The lowest BCUT2D eigenvalue weighted by atomic mass is 10.1. The van der Waals surface area contributed by atoms with Crippen molar-refractivity contribution in [1.29, 1.82) is 0 Å². The smallest absolute Gasteiger partial charge is 0.263 e. The summed E-state index contributed by atoms with van der Waals surface area (Å²) in [7, 11) is 1.84. The molecule has 0 aliphatic rings. The highest BCUT2D eigenvalue weighted by Gasteiger charge is 2.15. The van der Waals surface area contributed by atoms with E-state index in [1.54, 1.807) is 4.90 Å². The monoisotopic (exact) mass is 279 g/mol. The Morgan fingerprint density at radius 3 is 2.89 bits per heavy atom. The summed E-state index contributed by atoms with van der Waals surface area (Å²) in [5.41, 5.74) is 0. The van der Waals surface area contributed by atoms with E-state index in [1.165, 1.54) is 11.3 Å². The predicted molar refractivity (Wildman–Crippen MR) is 79.3 cm³/mol. The maximum Gasteiger partial charge on any atom is 0.263 e. The minimum absolute atomic E-state index is 0.0560. The first-order valence-electron chi connectivity index (χ1n) is 6.53. The van der Waals surface area contributed by atoms with E-state index in [2.05, 4.69) is 25.7 Å². The van der Waals surface area contributed by atoms with E-state index in [0.29, 0.717) is 12.3 Å². The van der Waals surface area contributed by atoms with Crippen LogP contribution < -0.4 is 0 Å². The van der Waals surface area contributed by atoms with Gasteiger partial charge in [0.25, 0.3) is 5.91 Å². The third-order valence-electron chi connectivity index (χ3n) is 2.89. The van der Waals surface area contributed by atoms with Gasteiger partial charge in [0, 0.05) is 20.0 Å². The van der Waals surface area contributed by atoms with Crippen LogP contribution >= 0.6 is 11.3 Å². The molecule has 1 amide bonds. The second kappa shape index (κ2) is 7.98. The second-order valence-electron chi connectivity index (χ2n) is 4.64. The van der Waals surface area contributed by atoms with Gasteiger partial charge in [0.15, 0.2) is 0 Å². The maximum atomic E-state index is 12.2. The number of amides is 1. The van der Waals surface area contributed by atoms with Crippen LogP contribution in [0, 0.1) is 17.8 Å². The fourth-order valence-electron chi connectivity index (χ4n) is 1.59. The Morgan fingerprint density at radius 1 is 1.53 bits per heavy atom. The van der Waals surface area contributed by atoms with Crippen LogP contribution in [0.2, 0.25) is 0 Å². The van der Waals surface area contributed by atoms with Crippen molar-refractivity contribution in [1.82, 2.24) is 4.90 Å². The first kappa shape index (κ1) is 15.7. The highest BCUT2D eigenvalue weighted by molar-refractivity contribution is 7.14. The zero-order valence-electron chi connectivity index (χ0n) is 11.8.